The standard InChI is InChI=1S/C18H38BrIO4Si2/c1-17(2,3)25(7,8)23-14-12(11-19)22-16(21)13(20)15(14)24-26(9,10)18(4,5)6/h12-16,21H,11H2,1-10H3/t12-,13-,14-,15-,16-/m1/s1. The maximum absolute atomic E-state index is 10.5. The lowest BCUT2D eigenvalue weighted by molar-refractivity contribution is -0.210. The van der Waals surface area contributed by atoms with Gasteiger partial charge in [0.15, 0.2) is 22.9 Å². The van der Waals surface area contributed by atoms with Crippen LogP contribution < -0.4 is 0 Å². The largest absolute Gasteiger partial charge is 0.410 e. The molecule has 0 aromatic carbocycles. The second-order valence-electron chi connectivity index (χ2n) is 10.3. The van der Waals surface area contributed by atoms with Gasteiger partial charge in [-0.15, -0.1) is 0 Å². The Bertz CT molecular complexity index is 449. The van der Waals surface area contributed by atoms with Gasteiger partial charge >= 0.3 is 0 Å². The summed E-state index contributed by atoms with van der Waals surface area (Å²) in [5.41, 5.74) is 0. The van der Waals surface area contributed by atoms with Gasteiger partial charge in [-0.3, -0.25) is 0 Å². The van der Waals surface area contributed by atoms with E-state index in [4.69, 9.17) is 13.6 Å². The van der Waals surface area contributed by atoms with Gasteiger partial charge in [-0.05, 0) is 36.3 Å². The van der Waals surface area contributed by atoms with Crippen LogP contribution in [0.3, 0.4) is 0 Å². The summed E-state index contributed by atoms with van der Waals surface area (Å²) in [5.74, 6) is 0. The van der Waals surface area contributed by atoms with E-state index >= 15 is 0 Å². The Labute approximate surface area is 184 Å². The molecule has 0 radical (unpaired) electrons. The monoisotopic (exact) mass is 580 g/mol. The molecular formula is C18H38BrIO4Si2. The van der Waals surface area contributed by atoms with Gasteiger partial charge in [0, 0.05) is 5.33 Å². The molecule has 0 aliphatic carbocycles. The Morgan fingerprint density at radius 1 is 0.923 bits per heavy atom. The number of hydrogen-bond acceptors (Lipinski definition) is 4. The first-order valence-electron chi connectivity index (χ1n) is 9.34. The zero-order valence-corrected chi connectivity index (χ0v) is 23.8. The highest BCUT2D eigenvalue weighted by atomic mass is 127. The lowest BCUT2D eigenvalue weighted by atomic mass is 10.0. The highest BCUT2D eigenvalue weighted by Crippen LogP contribution is 2.44. The molecular weight excluding hydrogens is 543 g/mol. The normalized spacial score (nSPS) is 32.0. The molecule has 4 nitrogen and oxygen atoms in total. The Balaban J connectivity index is 3.25. The van der Waals surface area contributed by atoms with E-state index in [0.29, 0.717) is 5.33 Å². The molecule has 5 atom stereocenters. The first kappa shape index (κ1) is 25.5. The quantitative estimate of drug-likeness (QED) is 0.258. The van der Waals surface area contributed by atoms with Crippen molar-refractivity contribution in [2.45, 2.75) is 106 Å². The third-order valence-corrected chi connectivity index (χ3v) is 17.1. The Morgan fingerprint density at radius 2 is 1.31 bits per heavy atom. The number of ether oxygens (including phenoxy) is 1. The average Bonchev–Trinajstić information content (AvgIpc) is 2.43. The maximum atomic E-state index is 10.5. The Kier molecular flexibility index (Phi) is 8.53. The zero-order chi connectivity index (χ0) is 20.7. The molecule has 156 valence electrons. The van der Waals surface area contributed by atoms with E-state index < -0.39 is 22.9 Å². The fourth-order valence-electron chi connectivity index (χ4n) is 2.32. The van der Waals surface area contributed by atoms with Gasteiger partial charge in [0.2, 0.25) is 0 Å². The Hall–Kier alpha value is 1.48. The SMILES string of the molecule is CC(C)(C)[Si](C)(C)O[C@@H]1[C@@H](I)[C@H](O)O[C@H](CBr)[C@H]1O[Si](C)(C)C(C)(C)C. The van der Waals surface area contributed by atoms with E-state index in [9.17, 15) is 5.11 Å². The summed E-state index contributed by atoms with van der Waals surface area (Å²) in [7, 11) is -4.04. The van der Waals surface area contributed by atoms with Crippen LogP contribution in [-0.2, 0) is 13.6 Å². The van der Waals surface area contributed by atoms with Gasteiger partial charge < -0.3 is 18.7 Å². The van der Waals surface area contributed by atoms with Crippen molar-refractivity contribution in [2.24, 2.45) is 0 Å². The second-order valence-corrected chi connectivity index (χ2v) is 21.9. The molecule has 0 unspecified atom stereocenters. The van der Waals surface area contributed by atoms with Crippen LogP contribution >= 0.6 is 38.5 Å². The fraction of sp³-hybridized carbons (Fsp3) is 1.00. The smallest absolute Gasteiger partial charge is 0.192 e. The molecule has 0 spiro atoms. The summed E-state index contributed by atoms with van der Waals surface area (Å²) in [5, 5.41) is 11.3. The van der Waals surface area contributed by atoms with E-state index in [-0.39, 0.29) is 32.3 Å². The molecule has 1 saturated heterocycles. The molecule has 1 fully saturated rings. The van der Waals surface area contributed by atoms with Crippen LogP contribution in [0, 0.1) is 0 Å². The summed E-state index contributed by atoms with van der Waals surface area (Å²) >= 11 is 5.83. The lowest BCUT2D eigenvalue weighted by Crippen LogP contribution is -2.64. The minimum absolute atomic E-state index is 0.0953. The van der Waals surface area contributed by atoms with E-state index in [0.717, 1.165) is 0 Å². The van der Waals surface area contributed by atoms with Gasteiger partial charge in [-0.1, -0.05) is 80.1 Å². The van der Waals surface area contributed by atoms with Crippen LogP contribution in [0.25, 0.3) is 0 Å². The molecule has 1 heterocycles. The van der Waals surface area contributed by atoms with Gasteiger partial charge in [0.25, 0.3) is 0 Å². The zero-order valence-electron chi connectivity index (χ0n) is 18.0. The number of alkyl halides is 2. The fourth-order valence-corrected chi connectivity index (χ4v) is 6.48. The van der Waals surface area contributed by atoms with Crippen LogP contribution in [0.5, 0.6) is 0 Å². The van der Waals surface area contributed by atoms with Gasteiger partial charge in [-0.25, -0.2) is 0 Å². The molecule has 0 saturated carbocycles. The van der Waals surface area contributed by atoms with Crippen molar-refractivity contribution < 1.29 is 18.7 Å². The highest BCUT2D eigenvalue weighted by Gasteiger charge is 2.52. The van der Waals surface area contributed by atoms with E-state index in [1.54, 1.807) is 0 Å². The summed E-state index contributed by atoms with van der Waals surface area (Å²) in [6.45, 7) is 22.5. The molecule has 1 aliphatic heterocycles. The summed E-state index contributed by atoms with van der Waals surface area (Å²) in [4.78, 5) is 0. The van der Waals surface area contributed by atoms with Crippen molar-refractivity contribution >= 4 is 55.2 Å². The van der Waals surface area contributed by atoms with Crippen LogP contribution in [0.15, 0.2) is 0 Å². The Morgan fingerprint density at radius 3 is 1.65 bits per heavy atom. The van der Waals surface area contributed by atoms with Crippen LogP contribution in [0.2, 0.25) is 36.3 Å². The summed E-state index contributed by atoms with van der Waals surface area (Å²) < 4.78 is 19.3. The minimum atomic E-state index is -2.02. The van der Waals surface area contributed by atoms with Crippen molar-refractivity contribution in [1.29, 1.82) is 0 Å². The molecule has 0 aromatic rings. The van der Waals surface area contributed by atoms with Crippen molar-refractivity contribution in [3.05, 3.63) is 0 Å². The number of aliphatic hydroxyl groups excluding tert-OH is 1. The van der Waals surface area contributed by atoms with E-state index in [1.807, 2.05) is 0 Å². The van der Waals surface area contributed by atoms with Crippen molar-refractivity contribution in [3.8, 4) is 0 Å². The number of hydrogen-bond donors (Lipinski definition) is 1. The summed E-state index contributed by atoms with van der Waals surface area (Å²) in [6.07, 6.45) is -1.43. The molecule has 1 aliphatic rings. The number of halogens is 2. The van der Waals surface area contributed by atoms with E-state index in [2.05, 4.69) is 106 Å². The van der Waals surface area contributed by atoms with Crippen LogP contribution in [0.4, 0.5) is 0 Å². The molecule has 26 heavy (non-hydrogen) atoms. The molecule has 0 aromatic heterocycles. The molecule has 1 N–H and O–H groups in total. The maximum Gasteiger partial charge on any atom is 0.192 e. The molecule has 0 bridgehead atoms. The average molecular weight is 581 g/mol. The van der Waals surface area contributed by atoms with Crippen molar-refractivity contribution in [1.82, 2.24) is 0 Å². The molecule has 8 heteroatoms. The van der Waals surface area contributed by atoms with Gasteiger partial charge in [-0.2, -0.15) is 0 Å². The number of aliphatic hydroxyl groups is 1. The molecule has 0 amide bonds. The minimum Gasteiger partial charge on any atom is -0.410 e. The lowest BCUT2D eigenvalue weighted by Gasteiger charge is -2.51. The predicted molar refractivity (Wildman–Crippen MR) is 127 cm³/mol. The topological polar surface area (TPSA) is 47.9 Å². The first-order chi connectivity index (χ1) is 11.4. The van der Waals surface area contributed by atoms with Crippen LogP contribution in [-0.4, -0.2) is 55.6 Å². The highest BCUT2D eigenvalue weighted by molar-refractivity contribution is 14.1. The first-order valence-corrected chi connectivity index (χ1v) is 17.5. The number of rotatable bonds is 5. The third-order valence-electron chi connectivity index (χ3n) is 6.22. The third kappa shape index (κ3) is 5.76. The van der Waals surface area contributed by atoms with Crippen LogP contribution in [0.1, 0.15) is 41.5 Å². The van der Waals surface area contributed by atoms with Gasteiger partial charge in [0.05, 0.1) is 22.2 Å². The predicted octanol–water partition coefficient (Wildman–Crippen LogP) is 5.68. The summed E-state index contributed by atoms with van der Waals surface area (Å²) in [6, 6.07) is 0. The second kappa shape index (κ2) is 8.69. The molecule has 1 rings (SSSR count). The van der Waals surface area contributed by atoms with Crippen molar-refractivity contribution in [2.75, 3.05) is 5.33 Å². The van der Waals surface area contributed by atoms with Gasteiger partial charge in [0.1, 0.15) is 0 Å². The van der Waals surface area contributed by atoms with Crippen molar-refractivity contribution in [3.63, 3.8) is 0 Å². The van der Waals surface area contributed by atoms with E-state index in [1.165, 1.54) is 0 Å².